The van der Waals surface area contributed by atoms with Crippen molar-refractivity contribution in [1.82, 2.24) is 4.98 Å². The van der Waals surface area contributed by atoms with Crippen molar-refractivity contribution in [3.05, 3.63) is 46.6 Å². The molecule has 0 spiro atoms. The molecule has 0 radical (unpaired) electrons. The molecule has 94 valence electrons. The van der Waals surface area contributed by atoms with Crippen LogP contribution in [0.3, 0.4) is 0 Å². The minimum atomic E-state index is 0.462. The van der Waals surface area contributed by atoms with Gasteiger partial charge in [-0.3, -0.25) is 0 Å². The topological polar surface area (TPSA) is 57.4 Å². The van der Waals surface area contributed by atoms with Crippen LogP contribution in [0.4, 0.5) is 0 Å². The third-order valence-corrected chi connectivity index (χ3v) is 3.00. The first-order chi connectivity index (χ1) is 8.74. The van der Waals surface area contributed by atoms with E-state index in [0.717, 1.165) is 10.0 Å². The van der Waals surface area contributed by atoms with Crippen LogP contribution in [0.5, 0.6) is 17.4 Å². The van der Waals surface area contributed by atoms with Crippen molar-refractivity contribution in [3.8, 4) is 17.4 Å². The summed E-state index contributed by atoms with van der Waals surface area (Å²) in [6, 6.07) is 9.26. The van der Waals surface area contributed by atoms with E-state index in [9.17, 15) is 0 Å². The molecule has 1 heterocycles. The number of hydrogen-bond donors (Lipinski definition) is 1. The predicted octanol–water partition coefficient (Wildman–Crippen LogP) is 3.10. The molecule has 2 rings (SSSR count). The van der Waals surface area contributed by atoms with Gasteiger partial charge >= 0.3 is 0 Å². The van der Waals surface area contributed by atoms with Gasteiger partial charge < -0.3 is 15.2 Å². The van der Waals surface area contributed by atoms with Crippen LogP contribution in [-0.4, -0.2) is 12.1 Å². The Morgan fingerprint density at radius 3 is 2.78 bits per heavy atom. The van der Waals surface area contributed by atoms with Crippen molar-refractivity contribution in [1.29, 1.82) is 0 Å². The number of hydrogen-bond acceptors (Lipinski definition) is 4. The summed E-state index contributed by atoms with van der Waals surface area (Å²) < 4.78 is 11.8. The summed E-state index contributed by atoms with van der Waals surface area (Å²) >= 11 is 3.38. The van der Waals surface area contributed by atoms with E-state index in [1.807, 2.05) is 30.3 Å². The van der Waals surface area contributed by atoms with Gasteiger partial charge in [-0.1, -0.05) is 6.07 Å². The van der Waals surface area contributed by atoms with Crippen molar-refractivity contribution >= 4 is 15.9 Å². The van der Waals surface area contributed by atoms with Crippen molar-refractivity contribution < 1.29 is 9.47 Å². The van der Waals surface area contributed by atoms with Crippen molar-refractivity contribution in [2.24, 2.45) is 5.73 Å². The van der Waals surface area contributed by atoms with E-state index in [2.05, 4.69) is 20.9 Å². The molecule has 0 unspecified atom stereocenters. The molecule has 0 aliphatic rings. The summed E-state index contributed by atoms with van der Waals surface area (Å²) in [5.41, 5.74) is 6.57. The van der Waals surface area contributed by atoms with Crippen LogP contribution in [0.25, 0.3) is 0 Å². The Morgan fingerprint density at radius 1 is 1.28 bits per heavy atom. The molecule has 0 fully saturated rings. The lowest BCUT2D eigenvalue weighted by molar-refractivity contribution is 0.373. The van der Waals surface area contributed by atoms with Gasteiger partial charge in [-0.05, 0) is 45.8 Å². The van der Waals surface area contributed by atoms with Crippen LogP contribution in [0, 0.1) is 0 Å². The molecule has 1 aromatic heterocycles. The maximum atomic E-state index is 5.71. The molecular formula is C13H13BrN2O2. The number of ether oxygens (including phenoxy) is 2. The summed E-state index contributed by atoms with van der Waals surface area (Å²) in [5.74, 6) is 1.74. The van der Waals surface area contributed by atoms with Gasteiger partial charge in [-0.15, -0.1) is 0 Å². The van der Waals surface area contributed by atoms with E-state index in [0.29, 0.717) is 23.9 Å². The van der Waals surface area contributed by atoms with E-state index >= 15 is 0 Å². The summed E-state index contributed by atoms with van der Waals surface area (Å²) in [6.45, 7) is 0.462. The SMILES string of the molecule is COc1cc(CN)ccc1Oc1ncccc1Br. The minimum absolute atomic E-state index is 0.462. The quantitative estimate of drug-likeness (QED) is 0.943. The molecule has 2 N–H and O–H groups in total. The monoisotopic (exact) mass is 308 g/mol. The molecule has 0 atom stereocenters. The third kappa shape index (κ3) is 2.80. The number of nitrogens with zero attached hydrogens (tertiary/aromatic N) is 1. The summed E-state index contributed by atoms with van der Waals surface area (Å²) in [7, 11) is 1.59. The molecular weight excluding hydrogens is 296 g/mol. The van der Waals surface area contributed by atoms with E-state index in [-0.39, 0.29) is 0 Å². The van der Waals surface area contributed by atoms with Crippen LogP contribution in [0.15, 0.2) is 41.0 Å². The van der Waals surface area contributed by atoms with Gasteiger partial charge in [0.1, 0.15) is 0 Å². The van der Waals surface area contributed by atoms with Crippen LogP contribution in [0.1, 0.15) is 5.56 Å². The van der Waals surface area contributed by atoms with Gasteiger partial charge in [0.25, 0.3) is 0 Å². The molecule has 4 nitrogen and oxygen atoms in total. The average Bonchev–Trinajstić information content (AvgIpc) is 2.41. The second-order valence-corrected chi connectivity index (χ2v) is 4.44. The Hall–Kier alpha value is -1.59. The first-order valence-corrected chi connectivity index (χ1v) is 6.19. The highest BCUT2D eigenvalue weighted by molar-refractivity contribution is 9.10. The highest BCUT2D eigenvalue weighted by Gasteiger charge is 2.09. The Kier molecular flexibility index (Phi) is 4.17. The number of aromatic nitrogens is 1. The fourth-order valence-corrected chi connectivity index (χ4v) is 1.81. The van der Waals surface area contributed by atoms with Crippen LogP contribution < -0.4 is 15.2 Å². The summed E-state index contributed by atoms with van der Waals surface area (Å²) in [5, 5.41) is 0. The van der Waals surface area contributed by atoms with Crippen molar-refractivity contribution in [2.45, 2.75) is 6.54 Å². The van der Waals surface area contributed by atoms with E-state index in [1.54, 1.807) is 13.3 Å². The molecule has 0 amide bonds. The first-order valence-electron chi connectivity index (χ1n) is 5.40. The van der Waals surface area contributed by atoms with Crippen molar-refractivity contribution in [3.63, 3.8) is 0 Å². The number of pyridine rings is 1. The number of rotatable bonds is 4. The highest BCUT2D eigenvalue weighted by atomic mass is 79.9. The van der Waals surface area contributed by atoms with Crippen molar-refractivity contribution in [2.75, 3.05) is 7.11 Å². The van der Waals surface area contributed by atoms with Gasteiger partial charge in [0.15, 0.2) is 11.5 Å². The Balaban J connectivity index is 2.32. The third-order valence-electron chi connectivity index (χ3n) is 2.40. The maximum Gasteiger partial charge on any atom is 0.233 e. The van der Waals surface area contributed by atoms with Gasteiger partial charge in [0.05, 0.1) is 11.6 Å². The fourth-order valence-electron chi connectivity index (χ4n) is 1.47. The lowest BCUT2D eigenvalue weighted by Gasteiger charge is -2.11. The largest absolute Gasteiger partial charge is 0.493 e. The second-order valence-electron chi connectivity index (χ2n) is 3.58. The molecule has 0 bridgehead atoms. The second kappa shape index (κ2) is 5.84. The van der Waals surface area contributed by atoms with Gasteiger partial charge in [-0.2, -0.15) is 0 Å². The van der Waals surface area contributed by atoms with Crippen LogP contribution in [-0.2, 0) is 6.54 Å². The Morgan fingerprint density at radius 2 is 2.11 bits per heavy atom. The van der Waals surface area contributed by atoms with Gasteiger partial charge in [0.2, 0.25) is 5.88 Å². The molecule has 5 heteroatoms. The smallest absolute Gasteiger partial charge is 0.233 e. The lowest BCUT2D eigenvalue weighted by atomic mass is 10.2. The standard InChI is InChI=1S/C13H13BrN2O2/c1-17-12-7-9(8-15)4-5-11(12)18-13-10(14)3-2-6-16-13/h2-7H,8,15H2,1H3. The molecule has 0 aliphatic heterocycles. The number of nitrogens with two attached hydrogens (primary N) is 1. The Bertz CT molecular complexity index is 546. The average molecular weight is 309 g/mol. The zero-order valence-electron chi connectivity index (χ0n) is 9.89. The van der Waals surface area contributed by atoms with Crippen LogP contribution >= 0.6 is 15.9 Å². The summed E-state index contributed by atoms with van der Waals surface area (Å²) in [4.78, 5) is 4.14. The minimum Gasteiger partial charge on any atom is -0.493 e. The Labute approximate surface area is 114 Å². The van der Waals surface area contributed by atoms with Gasteiger partial charge in [-0.25, -0.2) is 4.98 Å². The van der Waals surface area contributed by atoms with Crippen LogP contribution in [0.2, 0.25) is 0 Å². The molecule has 0 saturated heterocycles. The summed E-state index contributed by atoms with van der Waals surface area (Å²) in [6.07, 6.45) is 1.67. The van der Waals surface area contributed by atoms with Gasteiger partial charge in [0, 0.05) is 12.7 Å². The van der Waals surface area contributed by atoms with E-state index in [1.165, 1.54) is 0 Å². The molecule has 0 aliphatic carbocycles. The number of methoxy groups -OCH3 is 1. The molecule has 1 aromatic carbocycles. The fraction of sp³-hybridized carbons (Fsp3) is 0.154. The first kappa shape index (κ1) is 12.9. The predicted molar refractivity (Wildman–Crippen MR) is 72.9 cm³/mol. The zero-order valence-corrected chi connectivity index (χ0v) is 11.5. The number of halogens is 1. The van der Waals surface area contributed by atoms with E-state index in [4.69, 9.17) is 15.2 Å². The lowest BCUT2D eigenvalue weighted by Crippen LogP contribution is -1.98. The molecule has 18 heavy (non-hydrogen) atoms. The number of benzene rings is 1. The molecule has 2 aromatic rings. The molecule has 0 saturated carbocycles. The normalized spacial score (nSPS) is 10.2. The highest BCUT2D eigenvalue weighted by Crippen LogP contribution is 2.34. The maximum absolute atomic E-state index is 5.71. The van der Waals surface area contributed by atoms with E-state index < -0.39 is 0 Å². The zero-order chi connectivity index (χ0) is 13.0.